The van der Waals surface area contributed by atoms with E-state index >= 15 is 0 Å². The molecule has 0 amide bonds. The topological polar surface area (TPSA) is 77.8 Å². The lowest BCUT2D eigenvalue weighted by Crippen LogP contribution is -2.02. The number of hydrogen-bond acceptors (Lipinski definition) is 3. The lowest BCUT2D eigenvalue weighted by molar-refractivity contribution is -0.135. The summed E-state index contributed by atoms with van der Waals surface area (Å²) >= 11 is 0. The predicted octanol–water partition coefficient (Wildman–Crippen LogP) is 5.99. The van der Waals surface area contributed by atoms with Crippen molar-refractivity contribution in [2.75, 3.05) is 0 Å². The number of carboxylic acid groups (broad SMARTS) is 1. The molecule has 0 rings (SSSR count). The summed E-state index contributed by atoms with van der Waals surface area (Å²) in [4.78, 5) is 10.4. The van der Waals surface area contributed by atoms with E-state index in [4.69, 9.17) is 10.2 Å². The lowest BCUT2D eigenvalue weighted by Gasteiger charge is -2.00. The number of aliphatic hydroxyl groups is 2. The maximum absolute atomic E-state index is 10.4. The van der Waals surface area contributed by atoms with Crippen LogP contribution in [0, 0.1) is 0 Å². The van der Waals surface area contributed by atoms with Gasteiger partial charge in [0, 0.05) is 0 Å². The number of rotatable bonds is 14. The zero-order chi connectivity index (χ0) is 18.0. The van der Waals surface area contributed by atoms with Crippen LogP contribution in [0.3, 0.4) is 0 Å². The summed E-state index contributed by atoms with van der Waals surface area (Å²) in [5.74, 6) is -3.27. The molecule has 0 aromatic heterocycles. The maximum atomic E-state index is 10.4. The fourth-order valence-corrected chi connectivity index (χ4v) is 2.21. The van der Waals surface area contributed by atoms with E-state index in [9.17, 15) is 9.90 Å². The molecule has 4 nitrogen and oxygen atoms in total. The van der Waals surface area contributed by atoms with Crippen molar-refractivity contribution in [3.63, 3.8) is 0 Å². The van der Waals surface area contributed by atoms with Crippen LogP contribution < -0.4 is 0 Å². The second kappa shape index (κ2) is 15.9. The molecule has 136 valence electrons. The lowest BCUT2D eigenvalue weighted by atomic mass is 10.1. The first-order valence-electron chi connectivity index (χ1n) is 8.95. The first-order valence-corrected chi connectivity index (χ1v) is 8.95. The largest absolute Gasteiger partial charge is 0.504 e. The van der Waals surface area contributed by atoms with E-state index < -0.39 is 17.5 Å². The Morgan fingerprint density at radius 3 is 1.88 bits per heavy atom. The van der Waals surface area contributed by atoms with E-state index in [1.54, 1.807) is 12.2 Å². The van der Waals surface area contributed by atoms with Crippen molar-refractivity contribution < 1.29 is 20.1 Å². The second-order valence-electron chi connectivity index (χ2n) is 5.83. The Kier molecular flexibility index (Phi) is 14.6. The fourth-order valence-electron chi connectivity index (χ4n) is 2.21. The molecule has 4 heteroatoms. The summed E-state index contributed by atoms with van der Waals surface area (Å²) in [6.07, 6.45) is 23.1. The Hall–Kier alpha value is -1.97. The first kappa shape index (κ1) is 22.0. The smallest absolute Gasteiger partial charge is 0.374 e. The van der Waals surface area contributed by atoms with Gasteiger partial charge in [-0.3, -0.25) is 0 Å². The monoisotopic (exact) mass is 336 g/mol. The van der Waals surface area contributed by atoms with Gasteiger partial charge in [0.2, 0.25) is 5.76 Å². The van der Waals surface area contributed by atoms with Crippen molar-refractivity contribution in [3.8, 4) is 0 Å². The molecule has 0 fully saturated rings. The van der Waals surface area contributed by atoms with Crippen molar-refractivity contribution >= 4 is 5.97 Å². The normalized spacial score (nSPS) is 13.2. The van der Waals surface area contributed by atoms with Crippen LogP contribution in [-0.4, -0.2) is 21.3 Å². The first-order chi connectivity index (χ1) is 11.6. The molecule has 0 aliphatic rings. The van der Waals surface area contributed by atoms with Crippen LogP contribution in [0.5, 0.6) is 0 Å². The van der Waals surface area contributed by atoms with Gasteiger partial charge in [-0.25, -0.2) is 4.79 Å². The Morgan fingerprint density at radius 2 is 1.29 bits per heavy atom. The minimum atomic E-state index is -1.55. The molecule has 0 atom stereocenters. The highest BCUT2D eigenvalue weighted by atomic mass is 16.4. The highest BCUT2D eigenvalue weighted by Gasteiger charge is 2.08. The molecule has 0 heterocycles. The highest BCUT2D eigenvalue weighted by molar-refractivity contribution is 5.84. The Balaban J connectivity index is 3.62. The standard InChI is InChI=1S/C20H32O4/c1-2-3-4-5-6-7-8-9-10-11-12-13-14-15-16-17-18(21)19(22)20(23)24/h12-17,21-22H,2-11H2,1H3,(H,23,24)/b13-12+,15-14+,17-16+,19-18+. The average molecular weight is 336 g/mol. The van der Waals surface area contributed by atoms with Crippen LogP contribution in [0.1, 0.15) is 71.1 Å². The third-order valence-electron chi connectivity index (χ3n) is 3.64. The fraction of sp³-hybridized carbons (Fsp3) is 0.550. The second-order valence-corrected chi connectivity index (χ2v) is 5.83. The Labute approximate surface area is 145 Å². The summed E-state index contributed by atoms with van der Waals surface area (Å²) in [6.45, 7) is 2.24. The summed E-state index contributed by atoms with van der Waals surface area (Å²) < 4.78 is 0. The molecule has 0 radical (unpaired) electrons. The van der Waals surface area contributed by atoms with Crippen molar-refractivity contribution in [3.05, 3.63) is 48.0 Å². The minimum absolute atomic E-state index is 0.661. The van der Waals surface area contributed by atoms with E-state index in [2.05, 4.69) is 13.0 Å². The molecular formula is C20H32O4. The van der Waals surface area contributed by atoms with Gasteiger partial charge >= 0.3 is 5.97 Å². The van der Waals surface area contributed by atoms with Gasteiger partial charge in [0.15, 0.2) is 5.76 Å². The molecular weight excluding hydrogens is 304 g/mol. The maximum Gasteiger partial charge on any atom is 0.374 e. The SMILES string of the molecule is CCCCCCCCCCC/C=C/C=C/C=C/C(O)=C(\O)C(=O)O. The van der Waals surface area contributed by atoms with Crippen molar-refractivity contribution in [2.45, 2.75) is 71.1 Å². The number of carbonyl (C=O) groups is 1. The number of aliphatic hydroxyl groups excluding tert-OH is 2. The number of unbranched alkanes of at least 4 members (excludes halogenated alkanes) is 9. The van der Waals surface area contributed by atoms with Gasteiger partial charge in [0.25, 0.3) is 0 Å². The highest BCUT2D eigenvalue weighted by Crippen LogP contribution is 2.10. The van der Waals surface area contributed by atoms with E-state index in [-0.39, 0.29) is 0 Å². The number of carboxylic acids is 1. The summed E-state index contributed by atoms with van der Waals surface area (Å²) in [5.41, 5.74) is 0. The summed E-state index contributed by atoms with van der Waals surface area (Å²) in [5, 5.41) is 26.6. The molecule has 0 aromatic carbocycles. The van der Waals surface area contributed by atoms with Crippen molar-refractivity contribution in [1.82, 2.24) is 0 Å². The molecule has 24 heavy (non-hydrogen) atoms. The Bertz CT molecular complexity index is 445. The molecule has 3 N–H and O–H groups in total. The molecule has 0 aliphatic heterocycles. The summed E-state index contributed by atoms with van der Waals surface area (Å²) in [6, 6.07) is 0. The van der Waals surface area contributed by atoms with Gasteiger partial charge < -0.3 is 15.3 Å². The zero-order valence-electron chi connectivity index (χ0n) is 14.8. The van der Waals surface area contributed by atoms with Gasteiger partial charge in [-0.15, -0.1) is 0 Å². The number of allylic oxidation sites excluding steroid dienone is 6. The van der Waals surface area contributed by atoms with E-state index in [0.29, 0.717) is 0 Å². The van der Waals surface area contributed by atoms with Crippen LogP contribution in [0.2, 0.25) is 0 Å². The van der Waals surface area contributed by atoms with Crippen LogP contribution in [0.4, 0.5) is 0 Å². The van der Waals surface area contributed by atoms with E-state index in [1.165, 1.54) is 63.9 Å². The molecule has 0 saturated heterocycles. The van der Waals surface area contributed by atoms with Gasteiger partial charge in [-0.1, -0.05) is 88.7 Å². The predicted molar refractivity (Wildman–Crippen MR) is 99.2 cm³/mol. The third-order valence-corrected chi connectivity index (χ3v) is 3.64. The van der Waals surface area contributed by atoms with Crippen LogP contribution >= 0.6 is 0 Å². The molecule has 0 aromatic rings. The van der Waals surface area contributed by atoms with Crippen molar-refractivity contribution in [1.29, 1.82) is 0 Å². The van der Waals surface area contributed by atoms with Crippen LogP contribution in [-0.2, 0) is 4.79 Å². The van der Waals surface area contributed by atoms with Crippen LogP contribution in [0.15, 0.2) is 48.0 Å². The van der Waals surface area contributed by atoms with E-state index in [1.807, 2.05) is 6.08 Å². The number of hydrogen-bond donors (Lipinski definition) is 3. The summed E-state index contributed by atoms with van der Waals surface area (Å²) in [7, 11) is 0. The minimum Gasteiger partial charge on any atom is -0.504 e. The van der Waals surface area contributed by atoms with Crippen LogP contribution in [0.25, 0.3) is 0 Å². The molecule has 0 bridgehead atoms. The third kappa shape index (κ3) is 13.7. The van der Waals surface area contributed by atoms with E-state index in [0.717, 1.165) is 12.5 Å². The van der Waals surface area contributed by atoms with Gasteiger partial charge in [0.05, 0.1) is 0 Å². The van der Waals surface area contributed by atoms with Gasteiger partial charge in [-0.05, 0) is 18.9 Å². The number of aliphatic carboxylic acids is 1. The van der Waals surface area contributed by atoms with Gasteiger partial charge in [0.1, 0.15) is 0 Å². The molecule has 0 unspecified atom stereocenters. The van der Waals surface area contributed by atoms with Crippen molar-refractivity contribution in [2.24, 2.45) is 0 Å². The molecule has 0 saturated carbocycles. The molecule has 0 aliphatic carbocycles. The quantitative estimate of drug-likeness (QED) is 0.158. The van der Waals surface area contributed by atoms with Gasteiger partial charge in [-0.2, -0.15) is 0 Å². The zero-order valence-corrected chi connectivity index (χ0v) is 14.8. The molecule has 0 spiro atoms. The average Bonchev–Trinajstić information content (AvgIpc) is 2.57. The Morgan fingerprint density at radius 1 is 0.750 bits per heavy atom.